The van der Waals surface area contributed by atoms with Crippen molar-refractivity contribution < 1.29 is 19.2 Å². The maximum absolute atomic E-state index is 11.2. The fraction of sp³-hybridized carbons (Fsp3) is 0.200. The third kappa shape index (κ3) is 3.40. The standard InChI is InChI=1S/C10H11NO4/c1-7(12)15-9-5-3-8(4-6-9)10(13)11-14-2/h3-6H,1-2H3,(H,11,13). The summed E-state index contributed by atoms with van der Waals surface area (Å²) in [6, 6.07) is 6.14. The molecule has 0 unspecified atom stereocenters. The Kier molecular flexibility index (Phi) is 3.82. The molecule has 1 N–H and O–H groups in total. The molecule has 5 nitrogen and oxygen atoms in total. The highest BCUT2D eigenvalue weighted by molar-refractivity contribution is 5.93. The number of amides is 1. The van der Waals surface area contributed by atoms with E-state index in [1.807, 2.05) is 0 Å². The van der Waals surface area contributed by atoms with Crippen LogP contribution in [0, 0.1) is 0 Å². The van der Waals surface area contributed by atoms with Gasteiger partial charge in [0.2, 0.25) is 0 Å². The van der Waals surface area contributed by atoms with Gasteiger partial charge < -0.3 is 4.74 Å². The molecule has 0 spiro atoms. The Morgan fingerprint density at radius 1 is 1.20 bits per heavy atom. The van der Waals surface area contributed by atoms with Gasteiger partial charge in [0.05, 0.1) is 7.11 Å². The third-order valence-electron chi connectivity index (χ3n) is 1.57. The predicted molar refractivity (Wildman–Crippen MR) is 52.2 cm³/mol. The molecule has 0 aliphatic rings. The van der Waals surface area contributed by atoms with Crippen LogP contribution in [0.1, 0.15) is 17.3 Å². The van der Waals surface area contributed by atoms with Crippen molar-refractivity contribution in [1.82, 2.24) is 5.48 Å². The largest absolute Gasteiger partial charge is 0.427 e. The van der Waals surface area contributed by atoms with Gasteiger partial charge in [0.1, 0.15) is 5.75 Å². The Morgan fingerprint density at radius 2 is 1.80 bits per heavy atom. The monoisotopic (exact) mass is 209 g/mol. The molecule has 5 heteroatoms. The summed E-state index contributed by atoms with van der Waals surface area (Å²) < 4.78 is 4.81. The molecule has 0 atom stereocenters. The van der Waals surface area contributed by atoms with Gasteiger partial charge in [-0.15, -0.1) is 0 Å². The molecule has 1 amide bonds. The van der Waals surface area contributed by atoms with Gasteiger partial charge in [-0.2, -0.15) is 0 Å². The van der Waals surface area contributed by atoms with Crippen LogP contribution in [-0.4, -0.2) is 19.0 Å². The van der Waals surface area contributed by atoms with Crippen molar-refractivity contribution in [3.8, 4) is 5.75 Å². The summed E-state index contributed by atoms with van der Waals surface area (Å²) in [5, 5.41) is 0. The zero-order chi connectivity index (χ0) is 11.3. The number of hydroxylamine groups is 1. The zero-order valence-corrected chi connectivity index (χ0v) is 8.44. The van der Waals surface area contributed by atoms with Crippen LogP contribution in [0.4, 0.5) is 0 Å². The summed E-state index contributed by atoms with van der Waals surface area (Å²) in [7, 11) is 1.35. The number of carbonyl (C=O) groups excluding carboxylic acids is 2. The first-order valence-corrected chi connectivity index (χ1v) is 4.25. The van der Waals surface area contributed by atoms with Crippen LogP contribution in [0.15, 0.2) is 24.3 Å². The van der Waals surface area contributed by atoms with Crippen molar-refractivity contribution in [2.75, 3.05) is 7.11 Å². The number of benzene rings is 1. The average molecular weight is 209 g/mol. The lowest BCUT2D eigenvalue weighted by Crippen LogP contribution is -2.21. The average Bonchev–Trinajstić information content (AvgIpc) is 2.18. The second-order valence-corrected chi connectivity index (χ2v) is 2.75. The van der Waals surface area contributed by atoms with Crippen molar-refractivity contribution in [1.29, 1.82) is 0 Å². The van der Waals surface area contributed by atoms with E-state index in [9.17, 15) is 9.59 Å². The first-order valence-electron chi connectivity index (χ1n) is 4.25. The Labute approximate surface area is 86.9 Å². The van der Waals surface area contributed by atoms with Gasteiger partial charge in [-0.25, -0.2) is 5.48 Å². The molecule has 0 aliphatic heterocycles. The lowest BCUT2D eigenvalue weighted by molar-refractivity contribution is -0.131. The smallest absolute Gasteiger partial charge is 0.308 e. The normalized spacial score (nSPS) is 9.47. The van der Waals surface area contributed by atoms with Crippen LogP contribution in [0.5, 0.6) is 5.75 Å². The molecule has 1 aromatic carbocycles. The van der Waals surface area contributed by atoms with E-state index < -0.39 is 5.97 Å². The van der Waals surface area contributed by atoms with Crippen molar-refractivity contribution >= 4 is 11.9 Å². The van der Waals surface area contributed by atoms with Crippen molar-refractivity contribution in [2.24, 2.45) is 0 Å². The Balaban J connectivity index is 2.71. The number of hydrogen-bond acceptors (Lipinski definition) is 4. The molecule has 80 valence electrons. The molecule has 0 saturated carbocycles. The number of ether oxygens (including phenoxy) is 1. The minimum Gasteiger partial charge on any atom is -0.427 e. The summed E-state index contributed by atoms with van der Waals surface area (Å²) in [4.78, 5) is 26.3. The second-order valence-electron chi connectivity index (χ2n) is 2.75. The molecule has 1 aromatic rings. The van der Waals surface area contributed by atoms with E-state index in [1.165, 1.54) is 38.3 Å². The second kappa shape index (κ2) is 5.11. The van der Waals surface area contributed by atoms with E-state index in [-0.39, 0.29) is 5.91 Å². The van der Waals surface area contributed by atoms with E-state index in [0.717, 1.165) is 0 Å². The number of carbonyl (C=O) groups is 2. The fourth-order valence-electron chi connectivity index (χ4n) is 0.992. The lowest BCUT2D eigenvalue weighted by Gasteiger charge is -2.03. The van der Waals surface area contributed by atoms with Crippen LogP contribution in [0.2, 0.25) is 0 Å². The molecule has 0 heterocycles. The zero-order valence-electron chi connectivity index (χ0n) is 8.44. The van der Waals surface area contributed by atoms with Gasteiger partial charge >= 0.3 is 5.97 Å². The highest BCUT2D eigenvalue weighted by Crippen LogP contribution is 2.12. The van der Waals surface area contributed by atoms with Gasteiger partial charge in [-0.3, -0.25) is 14.4 Å². The fourth-order valence-corrected chi connectivity index (χ4v) is 0.992. The Bertz CT molecular complexity index is 358. The number of hydrogen-bond donors (Lipinski definition) is 1. The van der Waals surface area contributed by atoms with Crippen LogP contribution in [0.25, 0.3) is 0 Å². The third-order valence-corrected chi connectivity index (χ3v) is 1.57. The topological polar surface area (TPSA) is 64.6 Å². The van der Waals surface area contributed by atoms with E-state index in [2.05, 4.69) is 10.3 Å². The van der Waals surface area contributed by atoms with Gasteiger partial charge in [0.25, 0.3) is 5.91 Å². The summed E-state index contributed by atoms with van der Waals surface area (Å²) in [5.74, 6) is -0.354. The van der Waals surface area contributed by atoms with E-state index in [4.69, 9.17) is 4.74 Å². The van der Waals surface area contributed by atoms with Gasteiger partial charge in [0, 0.05) is 12.5 Å². The number of esters is 1. The van der Waals surface area contributed by atoms with Crippen LogP contribution >= 0.6 is 0 Å². The lowest BCUT2D eigenvalue weighted by atomic mass is 10.2. The molecular formula is C10H11NO4. The van der Waals surface area contributed by atoms with Crippen LogP contribution in [0.3, 0.4) is 0 Å². The Morgan fingerprint density at radius 3 is 2.27 bits per heavy atom. The quantitative estimate of drug-likeness (QED) is 0.456. The molecule has 1 rings (SSSR count). The summed E-state index contributed by atoms with van der Waals surface area (Å²) in [6.45, 7) is 1.31. The van der Waals surface area contributed by atoms with E-state index in [1.54, 1.807) is 0 Å². The van der Waals surface area contributed by atoms with Crippen molar-refractivity contribution in [3.63, 3.8) is 0 Å². The minimum atomic E-state index is -0.399. The molecule has 0 radical (unpaired) electrons. The highest BCUT2D eigenvalue weighted by atomic mass is 16.6. The molecule has 15 heavy (non-hydrogen) atoms. The number of rotatable bonds is 3. The first kappa shape index (κ1) is 11.2. The molecular weight excluding hydrogens is 198 g/mol. The first-order chi connectivity index (χ1) is 7.13. The Hall–Kier alpha value is -1.88. The maximum atomic E-state index is 11.2. The van der Waals surface area contributed by atoms with Crippen LogP contribution in [-0.2, 0) is 9.63 Å². The molecule has 0 aromatic heterocycles. The van der Waals surface area contributed by atoms with Crippen LogP contribution < -0.4 is 10.2 Å². The van der Waals surface area contributed by atoms with Gasteiger partial charge in [-0.1, -0.05) is 0 Å². The van der Waals surface area contributed by atoms with Crippen molar-refractivity contribution in [3.05, 3.63) is 29.8 Å². The minimum absolute atomic E-state index is 0.355. The highest BCUT2D eigenvalue weighted by Gasteiger charge is 2.05. The molecule has 0 saturated heterocycles. The molecule has 0 aliphatic carbocycles. The SMILES string of the molecule is CONC(=O)c1ccc(OC(C)=O)cc1. The summed E-state index contributed by atoms with van der Waals surface area (Å²) in [6.07, 6.45) is 0. The van der Waals surface area contributed by atoms with Gasteiger partial charge in [0.15, 0.2) is 0 Å². The van der Waals surface area contributed by atoms with Gasteiger partial charge in [-0.05, 0) is 24.3 Å². The number of nitrogens with one attached hydrogen (secondary N) is 1. The van der Waals surface area contributed by atoms with E-state index >= 15 is 0 Å². The van der Waals surface area contributed by atoms with Crippen molar-refractivity contribution in [2.45, 2.75) is 6.92 Å². The summed E-state index contributed by atoms with van der Waals surface area (Å²) >= 11 is 0. The molecule has 0 bridgehead atoms. The van der Waals surface area contributed by atoms with E-state index in [0.29, 0.717) is 11.3 Å². The maximum Gasteiger partial charge on any atom is 0.308 e. The molecule has 0 fully saturated rings. The summed E-state index contributed by atoms with van der Waals surface area (Å²) in [5.41, 5.74) is 2.60. The predicted octanol–water partition coefficient (Wildman–Crippen LogP) is 0.903.